The van der Waals surface area contributed by atoms with Gasteiger partial charge < -0.3 is 0 Å². The van der Waals surface area contributed by atoms with E-state index in [9.17, 15) is 4.79 Å². The standard InChI is InChI=1S/C9H6BrN3O/c10-9-3-8(2-1-7(9)4-14)13-5-11-12-6-13/h1-6H. The summed E-state index contributed by atoms with van der Waals surface area (Å²) in [7, 11) is 0. The van der Waals surface area contributed by atoms with Crippen molar-refractivity contribution in [2.45, 2.75) is 0 Å². The molecular weight excluding hydrogens is 246 g/mol. The molecular formula is C9H6BrN3O. The maximum atomic E-state index is 10.6. The van der Waals surface area contributed by atoms with Crippen LogP contribution in [0.15, 0.2) is 35.3 Å². The highest BCUT2D eigenvalue weighted by Crippen LogP contribution is 2.18. The Bertz CT molecular complexity index is 453. The van der Waals surface area contributed by atoms with E-state index in [0.29, 0.717) is 5.56 Å². The predicted octanol–water partition coefficient (Wildman–Crippen LogP) is 1.84. The number of rotatable bonds is 2. The van der Waals surface area contributed by atoms with Gasteiger partial charge in [-0.25, -0.2) is 0 Å². The minimum Gasteiger partial charge on any atom is -0.298 e. The summed E-state index contributed by atoms with van der Waals surface area (Å²) in [6.45, 7) is 0. The largest absolute Gasteiger partial charge is 0.298 e. The highest BCUT2D eigenvalue weighted by atomic mass is 79.9. The van der Waals surface area contributed by atoms with Gasteiger partial charge in [0.15, 0.2) is 6.29 Å². The van der Waals surface area contributed by atoms with Gasteiger partial charge in [-0.05, 0) is 34.1 Å². The molecule has 0 saturated carbocycles. The quantitative estimate of drug-likeness (QED) is 0.766. The first-order chi connectivity index (χ1) is 6.81. The van der Waals surface area contributed by atoms with Gasteiger partial charge in [-0.2, -0.15) is 0 Å². The number of halogens is 1. The Morgan fingerprint density at radius 2 is 2.00 bits per heavy atom. The maximum absolute atomic E-state index is 10.6. The lowest BCUT2D eigenvalue weighted by molar-refractivity contribution is 0.112. The second-order valence-corrected chi connectivity index (χ2v) is 3.55. The molecule has 0 fully saturated rings. The smallest absolute Gasteiger partial charge is 0.151 e. The minimum atomic E-state index is 0.627. The van der Waals surface area contributed by atoms with Crippen LogP contribution >= 0.6 is 15.9 Å². The van der Waals surface area contributed by atoms with Gasteiger partial charge in [-0.15, -0.1) is 10.2 Å². The van der Waals surface area contributed by atoms with Gasteiger partial charge in [0.1, 0.15) is 12.7 Å². The average Bonchev–Trinajstić information content (AvgIpc) is 2.70. The van der Waals surface area contributed by atoms with E-state index in [0.717, 1.165) is 16.4 Å². The number of carbonyl (C=O) groups excluding carboxylic acids is 1. The third kappa shape index (κ3) is 1.58. The summed E-state index contributed by atoms with van der Waals surface area (Å²) in [5, 5.41) is 7.40. The average molecular weight is 252 g/mol. The van der Waals surface area contributed by atoms with Crippen LogP contribution in [0.1, 0.15) is 10.4 Å². The van der Waals surface area contributed by atoms with Gasteiger partial charge in [0.2, 0.25) is 0 Å². The Morgan fingerprint density at radius 3 is 2.57 bits per heavy atom. The number of aromatic nitrogens is 3. The van der Waals surface area contributed by atoms with Crippen LogP contribution in [0.5, 0.6) is 0 Å². The Kier molecular flexibility index (Phi) is 2.41. The van der Waals surface area contributed by atoms with Crippen molar-refractivity contribution in [3.05, 3.63) is 40.9 Å². The van der Waals surface area contributed by atoms with Gasteiger partial charge >= 0.3 is 0 Å². The SMILES string of the molecule is O=Cc1ccc(-n2cnnc2)cc1Br. The van der Waals surface area contributed by atoms with E-state index >= 15 is 0 Å². The number of hydrogen-bond donors (Lipinski definition) is 0. The number of carbonyl (C=O) groups is 1. The van der Waals surface area contributed by atoms with Crippen LogP contribution in [0, 0.1) is 0 Å². The van der Waals surface area contributed by atoms with E-state index in [2.05, 4.69) is 26.1 Å². The highest BCUT2D eigenvalue weighted by Gasteiger charge is 2.01. The summed E-state index contributed by atoms with van der Waals surface area (Å²) < 4.78 is 2.53. The van der Waals surface area contributed by atoms with Crippen molar-refractivity contribution in [3.63, 3.8) is 0 Å². The Labute approximate surface area is 88.7 Å². The van der Waals surface area contributed by atoms with Gasteiger partial charge in [0.05, 0.1) is 0 Å². The van der Waals surface area contributed by atoms with Crippen LogP contribution in [0.25, 0.3) is 5.69 Å². The molecule has 0 aliphatic rings. The van der Waals surface area contributed by atoms with Gasteiger partial charge in [-0.1, -0.05) is 0 Å². The molecule has 2 aromatic rings. The first-order valence-electron chi connectivity index (χ1n) is 3.91. The second kappa shape index (κ2) is 3.71. The molecule has 0 unspecified atom stereocenters. The van der Waals surface area contributed by atoms with Crippen molar-refractivity contribution in [2.75, 3.05) is 0 Å². The van der Waals surface area contributed by atoms with E-state index in [4.69, 9.17) is 0 Å². The summed E-state index contributed by atoms with van der Waals surface area (Å²) in [4.78, 5) is 10.6. The summed E-state index contributed by atoms with van der Waals surface area (Å²) in [6, 6.07) is 5.41. The summed E-state index contributed by atoms with van der Waals surface area (Å²) >= 11 is 3.31. The van der Waals surface area contributed by atoms with E-state index < -0.39 is 0 Å². The van der Waals surface area contributed by atoms with Crippen molar-refractivity contribution in [1.82, 2.24) is 14.8 Å². The third-order valence-corrected chi connectivity index (χ3v) is 2.51. The van der Waals surface area contributed by atoms with Gasteiger partial charge in [0, 0.05) is 15.7 Å². The molecule has 0 aliphatic heterocycles. The zero-order valence-corrected chi connectivity index (χ0v) is 8.68. The zero-order chi connectivity index (χ0) is 9.97. The minimum absolute atomic E-state index is 0.627. The number of benzene rings is 1. The van der Waals surface area contributed by atoms with Crippen molar-refractivity contribution in [2.24, 2.45) is 0 Å². The Balaban J connectivity index is 2.48. The van der Waals surface area contributed by atoms with E-state index in [1.807, 2.05) is 12.1 Å². The maximum Gasteiger partial charge on any atom is 0.151 e. The number of nitrogens with zero attached hydrogens (tertiary/aromatic N) is 3. The van der Waals surface area contributed by atoms with E-state index in [1.54, 1.807) is 23.3 Å². The summed E-state index contributed by atoms with van der Waals surface area (Å²) in [6.07, 6.45) is 4.00. The molecule has 1 aromatic carbocycles. The summed E-state index contributed by atoms with van der Waals surface area (Å²) in [5.74, 6) is 0. The van der Waals surface area contributed by atoms with E-state index in [1.165, 1.54) is 0 Å². The Hall–Kier alpha value is -1.49. The van der Waals surface area contributed by atoms with Crippen molar-refractivity contribution < 1.29 is 4.79 Å². The fourth-order valence-electron chi connectivity index (χ4n) is 1.11. The first kappa shape index (κ1) is 9.08. The monoisotopic (exact) mass is 251 g/mol. The van der Waals surface area contributed by atoms with Gasteiger partial charge in [0.25, 0.3) is 0 Å². The third-order valence-electron chi connectivity index (χ3n) is 1.83. The molecule has 0 radical (unpaired) electrons. The molecule has 4 nitrogen and oxygen atoms in total. The van der Waals surface area contributed by atoms with Crippen LogP contribution in [-0.4, -0.2) is 21.1 Å². The van der Waals surface area contributed by atoms with Crippen LogP contribution in [-0.2, 0) is 0 Å². The lowest BCUT2D eigenvalue weighted by Crippen LogP contribution is -1.91. The van der Waals surface area contributed by atoms with E-state index in [-0.39, 0.29) is 0 Å². The first-order valence-corrected chi connectivity index (χ1v) is 4.70. The normalized spacial score (nSPS) is 10.1. The molecule has 14 heavy (non-hydrogen) atoms. The fourth-order valence-corrected chi connectivity index (χ4v) is 1.57. The lowest BCUT2D eigenvalue weighted by atomic mass is 10.2. The topological polar surface area (TPSA) is 47.8 Å². The molecule has 1 heterocycles. The molecule has 1 aromatic heterocycles. The second-order valence-electron chi connectivity index (χ2n) is 2.69. The zero-order valence-electron chi connectivity index (χ0n) is 7.09. The lowest BCUT2D eigenvalue weighted by Gasteiger charge is -2.02. The van der Waals surface area contributed by atoms with Crippen LogP contribution in [0.3, 0.4) is 0 Å². The molecule has 0 amide bonds. The molecule has 0 spiro atoms. The number of hydrogen-bond acceptors (Lipinski definition) is 3. The molecule has 0 bridgehead atoms. The highest BCUT2D eigenvalue weighted by molar-refractivity contribution is 9.10. The van der Waals surface area contributed by atoms with Crippen molar-refractivity contribution >= 4 is 22.2 Å². The van der Waals surface area contributed by atoms with Gasteiger partial charge in [-0.3, -0.25) is 9.36 Å². The van der Waals surface area contributed by atoms with Crippen LogP contribution < -0.4 is 0 Å². The van der Waals surface area contributed by atoms with Crippen LogP contribution in [0.4, 0.5) is 0 Å². The molecule has 2 rings (SSSR count). The Morgan fingerprint density at radius 1 is 1.29 bits per heavy atom. The number of aldehydes is 1. The molecule has 5 heteroatoms. The molecule has 0 N–H and O–H groups in total. The predicted molar refractivity (Wildman–Crippen MR) is 54.4 cm³/mol. The van der Waals surface area contributed by atoms with Crippen molar-refractivity contribution in [3.8, 4) is 5.69 Å². The molecule has 0 aliphatic carbocycles. The molecule has 0 atom stereocenters. The van der Waals surface area contributed by atoms with Crippen LogP contribution in [0.2, 0.25) is 0 Å². The molecule has 0 saturated heterocycles. The summed E-state index contributed by atoms with van der Waals surface area (Å²) in [5.41, 5.74) is 1.54. The molecule has 70 valence electrons. The van der Waals surface area contributed by atoms with Crippen molar-refractivity contribution in [1.29, 1.82) is 0 Å². The fraction of sp³-hybridized carbons (Fsp3) is 0.